The largest absolute Gasteiger partial charge is 0.304 e. The molecule has 0 amide bonds. The maximum atomic E-state index is 10.8. The molecule has 1 heterocycles. The minimum atomic E-state index is -0.355. The van der Waals surface area contributed by atoms with Crippen LogP contribution in [0.15, 0.2) is 24.3 Å². The van der Waals surface area contributed by atoms with Crippen LogP contribution in [0.5, 0.6) is 0 Å². The Balaban J connectivity index is 1.97. The van der Waals surface area contributed by atoms with Gasteiger partial charge in [0.05, 0.1) is 4.92 Å². The van der Waals surface area contributed by atoms with E-state index in [4.69, 9.17) is 0 Å². The van der Waals surface area contributed by atoms with Crippen molar-refractivity contribution < 1.29 is 4.92 Å². The summed E-state index contributed by atoms with van der Waals surface area (Å²) in [4.78, 5) is 12.7. The SMILES string of the molecule is CC(NN1CCN(C)CC1)c1cccc([N+](=O)[O-])c1. The van der Waals surface area contributed by atoms with Gasteiger partial charge in [-0.1, -0.05) is 12.1 Å². The van der Waals surface area contributed by atoms with Gasteiger partial charge in [0.25, 0.3) is 5.69 Å². The van der Waals surface area contributed by atoms with Crippen molar-refractivity contribution in [1.29, 1.82) is 0 Å². The number of nitro benzene ring substituents is 1. The Labute approximate surface area is 113 Å². The second kappa shape index (κ2) is 6.10. The van der Waals surface area contributed by atoms with Crippen molar-refractivity contribution in [3.05, 3.63) is 39.9 Å². The van der Waals surface area contributed by atoms with Crippen LogP contribution in [0.25, 0.3) is 0 Å². The average molecular weight is 264 g/mol. The molecule has 19 heavy (non-hydrogen) atoms. The maximum Gasteiger partial charge on any atom is 0.269 e. The minimum Gasteiger partial charge on any atom is -0.304 e. The van der Waals surface area contributed by atoms with E-state index in [0.717, 1.165) is 31.7 Å². The Bertz CT molecular complexity index is 444. The second-order valence-electron chi connectivity index (χ2n) is 4.99. The first-order valence-corrected chi connectivity index (χ1v) is 6.50. The van der Waals surface area contributed by atoms with Crippen LogP contribution in [0.2, 0.25) is 0 Å². The van der Waals surface area contributed by atoms with Crippen LogP contribution in [0.3, 0.4) is 0 Å². The van der Waals surface area contributed by atoms with Gasteiger partial charge in [0.15, 0.2) is 0 Å². The minimum absolute atomic E-state index is 0.0725. The number of piperazine rings is 1. The lowest BCUT2D eigenvalue weighted by molar-refractivity contribution is -0.384. The van der Waals surface area contributed by atoms with Crippen LogP contribution < -0.4 is 5.43 Å². The fourth-order valence-corrected chi connectivity index (χ4v) is 2.19. The van der Waals surface area contributed by atoms with Gasteiger partial charge >= 0.3 is 0 Å². The molecule has 6 heteroatoms. The number of hydrogen-bond donors (Lipinski definition) is 1. The van der Waals surface area contributed by atoms with E-state index in [1.165, 1.54) is 6.07 Å². The predicted molar refractivity (Wildman–Crippen MR) is 73.7 cm³/mol. The number of nitro groups is 1. The molecule has 1 aromatic carbocycles. The Kier molecular flexibility index (Phi) is 4.47. The third-order valence-corrected chi connectivity index (χ3v) is 3.46. The summed E-state index contributed by atoms with van der Waals surface area (Å²) in [5, 5.41) is 13.0. The molecular formula is C13H20N4O2. The zero-order chi connectivity index (χ0) is 13.8. The number of nitrogens with one attached hydrogen (secondary N) is 1. The predicted octanol–water partition coefficient (Wildman–Crippen LogP) is 1.41. The maximum absolute atomic E-state index is 10.8. The number of hydrazine groups is 1. The summed E-state index contributed by atoms with van der Waals surface area (Å²) in [7, 11) is 2.11. The van der Waals surface area contributed by atoms with Crippen molar-refractivity contribution >= 4 is 5.69 Å². The number of rotatable bonds is 4. The average Bonchev–Trinajstić information content (AvgIpc) is 2.41. The first-order chi connectivity index (χ1) is 9.06. The summed E-state index contributed by atoms with van der Waals surface area (Å²) in [6, 6.07) is 6.87. The zero-order valence-corrected chi connectivity index (χ0v) is 11.4. The lowest BCUT2D eigenvalue weighted by Crippen LogP contribution is -2.51. The monoisotopic (exact) mass is 264 g/mol. The first kappa shape index (κ1) is 13.9. The van der Waals surface area contributed by atoms with E-state index >= 15 is 0 Å². The van der Waals surface area contributed by atoms with Gasteiger partial charge in [-0.15, -0.1) is 0 Å². The lowest BCUT2D eigenvalue weighted by atomic mass is 10.1. The molecule has 1 fully saturated rings. The summed E-state index contributed by atoms with van der Waals surface area (Å²) in [6.45, 7) is 6.03. The second-order valence-corrected chi connectivity index (χ2v) is 4.99. The van der Waals surface area contributed by atoms with E-state index in [9.17, 15) is 10.1 Å². The van der Waals surface area contributed by atoms with Crippen LogP contribution in [0, 0.1) is 10.1 Å². The Morgan fingerprint density at radius 1 is 1.32 bits per heavy atom. The van der Waals surface area contributed by atoms with E-state index in [0.29, 0.717) is 0 Å². The van der Waals surface area contributed by atoms with E-state index in [-0.39, 0.29) is 16.7 Å². The Morgan fingerprint density at radius 3 is 2.63 bits per heavy atom. The van der Waals surface area contributed by atoms with Gasteiger partial charge in [-0.2, -0.15) is 0 Å². The number of likely N-dealkylation sites (N-methyl/N-ethyl adjacent to an activating group) is 1. The smallest absolute Gasteiger partial charge is 0.269 e. The van der Waals surface area contributed by atoms with Gasteiger partial charge in [0.1, 0.15) is 0 Å². The summed E-state index contributed by atoms with van der Waals surface area (Å²) in [5.41, 5.74) is 4.49. The summed E-state index contributed by atoms with van der Waals surface area (Å²) >= 11 is 0. The van der Waals surface area contributed by atoms with Crippen molar-refractivity contribution in [3.63, 3.8) is 0 Å². The molecule has 1 aliphatic rings. The Morgan fingerprint density at radius 2 is 2.00 bits per heavy atom. The molecule has 0 saturated carbocycles. The molecule has 1 N–H and O–H groups in total. The zero-order valence-electron chi connectivity index (χ0n) is 11.4. The van der Waals surface area contributed by atoms with Crippen molar-refractivity contribution in [1.82, 2.24) is 15.3 Å². The molecule has 1 aliphatic heterocycles. The molecule has 1 atom stereocenters. The van der Waals surface area contributed by atoms with Gasteiger partial charge in [-0.05, 0) is 19.5 Å². The van der Waals surface area contributed by atoms with Gasteiger partial charge in [0.2, 0.25) is 0 Å². The van der Waals surface area contributed by atoms with Crippen LogP contribution in [-0.4, -0.2) is 48.1 Å². The molecule has 0 radical (unpaired) electrons. The number of benzene rings is 1. The third-order valence-electron chi connectivity index (χ3n) is 3.46. The highest BCUT2D eigenvalue weighted by Gasteiger charge is 2.17. The first-order valence-electron chi connectivity index (χ1n) is 6.50. The molecule has 6 nitrogen and oxygen atoms in total. The molecule has 104 valence electrons. The van der Waals surface area contributed by atoms with Gasteiger partial charge in [-0.3, -0.25) is 10.1 Å². The van der Waals surface area contributed by atoms with E-state index < -0.39 is 0 Å². The highest BCUT2D eigenvalue weighted by atomic mass is 16.6. The number of non-ortho nitro benzene ring substituents is 1. The molecule has 0 aliphatic carbocycles. The van der Waals surface area contributed by atoms with Gasteiger partial charge < -0.3 is 4.90 Å². The molecular weight excluding hydrogens is 244 g/mol. The lowest BCUT2D eigenvalue weighted by Gasteiger charge is -2.34. The highest BCUT2D eigenvalue weighted by molar-refractivity contribution is 5.35. The fourth-order valence-electron chi connectivity index (χ4n) is 2.19. The molecule has 0 bridgehead atoms. The quantitative estimate of drug-likeness (QED) is 0.658. The highest BCUT2D eigenvalue weighted by Crippen LogP contribution is 2.19. The van der Waals surface area contributed by atoms with Gasteiger partial charge in [0, 0.05) is 44.4 Å². The van der Waals surface area contributed by atoms with Crippen molar-refractivity contribution in [3.8, 4) is 0 Å². The fraction of sp³-hybridized carbons (Fsp3) is 0.538. The normalized spacial score (nSPS) is 19.3. The molecule has 1 unspecified atom stereocenters. The molecule has 0 spiro atoms. The van der Waals surface area contributed by atoms with Crippen LogP contribution in [0.4, 0.5) is 5.69 Å². The van der Waals surface area contributed by atoms with Crippen LogP contribution in [0.1, 0.15) is 18.5 Å². The van der Waals surface area contributed by atoms with Crippen molar-refractivity contribution in [2.45, 2.75) is 13.0 Å². The topological polar surface area (TPSA) is 61.6 Å². The summed E-state index contributed by atoms with van der Waals surface area (Å²) in [5.74, 6) is 0. The van der Waals surface area contributed by atoms with Crippen LogP contribution in [-0.2, 0) is 0 Å². The summed E-state index contributed by atoms with van der Waals surface area (Å²) < 4.78 is 0. The van der Waals surface area contributed by atoms with E-state index in [2.05, 4.69) is 22.4 Å². The van der Waals surface area contributed by atoms with Crippen molar-refractivity contribution in [2.24, 2.45) is 0 Å². The Hall–Kier alpha value is -1.50. The third kappa shape index (κ3) is 3.73. The van der Waals surface area contributed by atoms with Crippen LogP contribution >= 0.6 is 0 Å². The molecule has 0 aromatic heterocycles. The number of hydrogen-bond acceptors (Lipinski definition) is 5. The number of nitrogens with zero attached hydrogens (tertiary/aromatic N) is 3. The van der Waals surface area contributed by atoms with E-state index in [1.54, 1.807) is 12.1 Å². The van der Waals surface area contributed by atoms with E-state index in [1.807, 2.05) is 13.0 Å². The van der Waals surface area contributed by atoms with Gasteiger partial charge in [-0.25, -0.2) is 10.4 Å². The molecule has 1 saturated heterocycles. The molecule has 2 rings (SSSR count). The summed E-state index contributed by atoms with van der Waals surface area (Å²) in [6.07, 6.45) is 0. The standard InChI is InChI=1S/C13H20N4O2/c1-11(14-16-8-6-15(2)7-9-16)12-4-3-5-13(10-12)17(18)19/h3-5,10-11,14H,6-9H2,1-2H3. The molecule has 1 aromatic rings. The van der Waals surface area contributed by atoms with Crippen molar-refractivity contribution in [2.75, 3.05) is 33.2 Å².